The molecule has 21 heavy (non-hydrogen) atoms. The Morgan fingerprint density at radius 2 is 1.90 bits per heavy atom. The van der Waals surface area contributed by atoms with Crippen molar-refractivity contribution in [1.29, 1.82) is 0 Å². The molecule has 0 atom stereocenters. The molecule has 0 radical (unpaired) electrons. The van der Waals surface area contributed by atoms with Crippen LogP contribution < -0.4 is 11.1 Å². The molecule has 3 N–H and O–H groups in total. The first kappa shape index (κ1) is 17.7. The van der Waals surface area contributed by atoms with Gasteiger partial charge in [0, 0.05) is 10.4 Å². The van der Waals surface area contributed by atoms with Gasteiger partial charge in [0.2, 0.25) is 5.91 Å². The van der Waals surface area contributed by atoms with Crippen LogP contribution >= 0.6 is 11.3 Å². The van der Waals surface area contributed by atoms with Gasteiger partial charge in [0.25, 0.3) is 0 Å². The summed E-state index contributed by atoms with van der Waals surface area (Å²) in [5.74, 6) is -0.649. The van der Waals surface area contributed by atoms with Crippen LogP contribution in [0.2, 0.25) is 0 Å². The first-order chi connectivity index (χ1) is 9.50. The van der Waals surface area contributed by atoms with E-state index in [2.05, 4.69) is 5.32 Å². The fourth-order valence-electron chi connectivity index (χ4n) is 1.52. The minimum atomic E-state index is -0.781. The first-order valence-corrected chi connectivity index (χ1v) is 7.70. The smallest absolute Gasteiger partial charge is 0.341 e. The van der Waals surface area contributed by atoms with E-state index in [4.69, 9.17) is 10.5 Å². The van der Waals surface area contributed by atoms with Crippen molar-refractivity contribution in [2.75, 3.05) is 11.9 Å². The molecule has 5 nitrogen and oxygen atoms in total. The van der Waals surface area contributed by atoms with Crippen LogP contribution in [0.1, 0.15) is 49.9 Å². The van der Waals surface area contributed by atoms with Crippen LogP contribution in [-0.2, 0) is 9.53 Å². The van der Waals surface area contributed by atoms with Crippen LogP contribution in [0.4, 0.5) is 5.00 Å². The van der Waals surface area contributed by atoms with Gasteiger partial charge >= 0.3 is 5.97 Å². The number of thiophene rings is 1. The lowest BCUT2D eigenvalue weighted by Gasteiger charge is -2.36. The highest BCUT2D eigenvalue weighted by molar-refractivity contribution is 7.16. The molecule has 1 amide bonds. The van der Waals surface area contributed by atoms with Gasteiger partial charge in [-0.3, -0.25) is 4.79 Å². The number of hydrogen-bond donors (Lipinski definition) is 2. The maximum atomic E-state index is 12.5. The van der Waals surface area contributed by atoms with Crippen LogP contribution in [-0.4, -0.2) is 24.0 Å². The fraction of sp³-hybridized carbons (Fsp3) is 0.600. The molecule has 1 rings (SSSR count). The van der Waals surface area contributed by atoms with Gasteiger partial charge in [0.05, 0.1) is 17.6 Å². The Balaban J connectivity index is 3.04. The minimum absolute atomic E-state index is 0.220. The van der Waals surface area contributed by atoms with Gasteiger partial charge in [-0.05, 0) is 47.6 Å². The summed E-state index contributed by atoms with van der Waals surface area (Å²) in [5, 5.41) is 3.32. The van der Waals surface area contributed by atoms with Gasteiger partial charge in [0.1, 0.15) is 5.00 Å². The van der Waals surface area contributed by atoms with Crippen molar-refractivity contribution >= 4 is 28.2 Å². The summed E-state index contributed by atoms with van der Waals surface area (Å²) in [5.41, 5.74) is 4.99. The normalized spacial score (nSPS) is 12.1. The third-order valence-corrected chi connectivity index (χ3v) is 4.72. The largest absolute Gasteiger partial charge is 0.462 e. The summed E-state index contributed by atoms with van der Waals surface area (Å²) in [4.78, 5) is 25.3. The zero-order valence-corrected chi connectivity index (χ0v) is 14.3. The lowest BCUT2D eigenvalue weighted by atomic mass is 9.74. The van der Waals surface area contributed by atoms with Gasteiger partial charge in [-0.15, -0.1) is 11.3 Å². The molecule has 0 bridgehead atoms. The zero-order chi connectivity index (χ0) is 16.4. The Kier molecular flexibility index (Phi) is 5.17. The Bertz CT molecular complexity index is 542. The van der Waals surface area contributed by atoms with Gasteiger partial charge < -0.3 is 15.8 Å². The standard InChI is InChI=1S/C15H24N2O3S/c1-7-20-12(18)10-8-9(2)21-11(10)17-13(19)14(3,4)15(5,6)16/h8H,7,16H2,1-6H3,(H,17,19). The van der Waals surface area contributed by atoms with Crippen molar-refractivity contribution in [2.24, 2.45) is 11.1 Å². The number of esters is 1. The van der Waals surface area contributed by atoms with Crippen LogP contribution in [0, 0.1) is 12.3 Å². The summed E-state index contributed by atoms with van der Waals surface area (Å²) in [7, 11) is 0. The number of amides is 1. The van der Waals surface area contributed by atoms with Crippen LogP contribution in [0.15, 0.2) is 6.07 Å². The molecule has 0 saturated carbocycles. The fourth-order valence-corrected chi connectivity index (χ4v) is 2.41. The van der Waals surface area contributed by atoms with E-state index in [1.807, 2.05) is 6.92 Å². The second-order valence-electron chi connectivity index (χ2n) is 6.12. The molecule has 118 valence electrons. The predicted octanol–water partition coefficient (Wildman–Crippen LogP) is 2.94. The van der Waals surface area contributed by atoms with E-state index < -0.39 is 16.9 Å². The number of nitrogens with one attached hydrogen (secondary N) is 1. The monoisotopic (exact) mass is 312 g/mol. The number of rotatable bonds is 5. The Morgan fingerprint density at radius 1 is 1.33 bits per heavy atom. The molecule has 0 aliphatic heterocycles. The van der Waals surface area contributed by atoms with Crippen molar-refractivity contribution < 1.29 is 14.3 Å². The summed E-state index contributed by atoms with van der Waals surface area (Å²) < 4.78 is 5.01. The van der Waals surface area contributed by atoms with E-state index in [-0.39, 0.29) is 5.91 Å². The molecule has 1 heterocycles. The number of hydrogen-bond acceptors (Lipinski definition) is 5. The number of aryl methyl sites for hydroxylation is 1. The van der Waals surface area contributed by atoms with E-state index in [0.29, 0.717) is 17.2 Å². The third-order valence-electron chi connectivity index (χ3n) is 3.76. The lowest BCUT2D eigenvalue weighted by molar-refractivity contribution is -0.126. The minimum Gasteiger partial charge on any atom is -0.462 e. The third kappa shape index (κ3) is 3.83. The number of carbonyl (C=O) groups is 2. The molecule has 0 unspecified atom stereocenters. The SMILES string of the molecule is CCOC(=O)c1cc(C)sc1NC(=O)C(C)(C)C(C)(C)N. The van der Waals surface area contributed by atoms with Crippen molar-refractivity contribution in [1.82, 2.24) is 0 Å². The van der Waals surface area contributed by atoms with Crippen LogP contribution in [0.3, 0.4) is 0 Å². The molecule has 0 aliphatic carbocycles. The Morgan fingerprint density at radius 3 is 2.38 bits per heavy atom. The molecule has 0 aliphatic rings. The van der Waals surface area contributed by atoms with Gasteiger partial charge in [-0.2, -0.15) is 0 Å². The number of nitrogens with two attached hydrogens (primary N) is 1. The molecule has 0 saturated heterocycles. The molecular weight excluding hydrogens is 288 g/mol. The van der Waals surface area contributed by atoms with Crippen molar-refractivity contribution in [3.63, 3.8) is 0 Å². The average molecular weight is 312 g/mol. The second-order valence-corrected chi connectivity index (χ2v) is 7.38. The van der Waals surface area contributed by atoms with E-state index in [9.17, 15) is 9.59 Å². The van der Waals surface area contributed by atoms with Gasteiger partial charge in [-0.1, -0.05) is 0 Å². The molecule has 6 heteroatoms. The van der Waals surface area contributed by atoms with Crippen molar-refractivity contribution in [3.8, 4) is 0 Å². The van der Waals surface area contributed by atoms with E-state index in [1.54, 1.807) is 40.7 Å². The van der Waals surface area contributed by atoms with Crippen LogP contribution in [0.5, 0.6) is 0 Å². The average Bonchev–Trinajstić information content (AvgIpc) is 2.69. The molecule has 0 aromatic carbocycles. The summed E-state index contributed by atoms with van der Waals surface area (Å²) >= 11 is 1.35. The first-order valence-electron chi connectivity index (χ1n) is 6.88. The number of ether oxygens (including phenoxy) is 1. The predicted molar refractivity (Wildman–Crippen MR) is 85.7 cm³/mol. The van der Waals surface area contributed by atoms with Crippen LogP contribution in [0.25, 0.3) is 0 Å². The topological polar surface area (TPSA) is 81.4 Å². The van der Waals surface area contributed by atoms with E-state index >= 15 is 0 Å². The Hall–Kier alpha value is -1.40. The molecular formula is C15H24N2O3S. The quantitative estimate of drug-likeness (QED) is 0.819. The second kappa shape index (κ2) is 6.15. The maximum Gasteiger partial charge on any atom is 0.341 e. The van der Waals surface area contributed by atoms with Gasteiger partial charge in [-0.25, -0.2) is 4.79 Å². The Labute approximate surface area is 129 Å². The summed E-state index contributed by atoms with van der Waals surface area (Å²) in [6.07, 6.45) is 0. The number of carbonyl (C=O) groups excluding carboxylic acids is 2. The summed E-state index contributed by atoms with van der Waals surface area (Å²) in [6, 6.07) is 1.72. The van der Waals surface area contributed by atoms with E-state index in [1.165, 1.54) is 11.3 Å². The highest BCUT2D eigenvalue weighted by Crippen LogP contribution is 2.33. The molecule has 0 fully saturated rings. The van der Waals surface area contributed by atoms with Crippen molar-refractivity contribution in [3.05, 3.63) is 16.5 Å². The van der Waals surface area contributed by atoms with Gasteiger partial charge in [0.15, 0.2) is 0 Å². The highest BCUT2D eigenvalue weighted by atomic mass is 32.1. The highest BCUT2D eigenvalue weighted by Gasteiger charge is 2.41. The van der Waals surface area contributed by atoms with E-state index in [0.717, 1.165) is 4.88 Å². The molecule has 1 aromatic rings. The molecule has 0 spiro atoms. The zero-order valence-electron chi connectivity index (χ0n) is 13.5. The van der Waals surface area contributed by atoms with Crippen molar-refractivity contribution in [2.45, 2.75) is 47.1 Å². The maximum absolute atomic E-state index is 12.5. The number of anilines is 1. The lowest BCUT2D eigenvalue weighted by Crippen LogP contribution is -2.53. The molecule has 1 aromatic heterocycles. The summed E-state index contributed by atoms with van der Waals surface area (Å²) in [6.45, 7) is 11.1.